The van der Waals surface area contributed by atoms with E-state index < -0.39 is 0 Å². The van der Waals surface area contributed by atoms with Gasteiger partial charge in [-0.05, 0) is 54.1 Å². The van der Waals surface area contributed by atoms with Crippen LogP contribution < -0.4 is 10.6 Å². The first-order valence-corrected chi connectivity index (χ1v) is 10.8. The minimum Gasteiger partial charge on any atom is -0.373 e. The predicted octanol–water partition coefficient (Wildman–Crippen LogP) is 5.78. The maximum atomic E-state index is 12.2. The lowest BCUT2D eigenvalue weighted by atomic mass is 10.2. The van der Waals surface area contributed by atoms with Crippen molar-refractivity contribution in [2.75, 3.05) is 17.7 Å². The fraction of sp³-hybridized carbons (Fsp3) is 0.0370. The summed E-state index contributed by atoms with van der Waals surface area (Å²) in [6.45, 7) is 3.54. The molecule has 2 aromatic carbocycles. The molecule has 5 rings (SSSR count). The number of aromatic nitrogens is 4. The van der Waals surface area contributed by atoms with E-state index >= 15 is 0 Å². The Bertz CT molecular complexity index is 1430. The summed E-state index contributed by atoms with van der Waals surface area (Å²) in [5.74, 6) is 1.12. The highest BCUT2D eigenvalue weighted by atomic mass is 19.1. The van der Waals surface area contributed by atoms with Crippen molar-refractivity contribution < 1.29 is 9.18 Å². The number of benzene rings is 2. The molecular formula is C27H23FN6O. The third-order valence-electron chi connectivity index (χ3n) is 5.07. The lowest BCUT2D eigenvalue weighted by Crippen LogP contribution is -2.11. The zero-order chi connectivity index (χ0) is 24.6. The number of nitrogens with one attached hydrogen (secondary N) is 3. The van der Waals surface area contributed by atoms with E-state index in [1.807, 2.05) is 37.4 Å². The molecule has 0 aliphatic rings. The number of nitrogens with zero attached hydrogens (tertiary/aromatic N) is 3. The quantitative estimate of drug-likeness (QED) is 0.305. The van der Waals surface area contributed by atoms with E-state index in [4.69, 9.17) is 0 Å². The van der Waals surface area contributed by atoms with E-state index in [0.717, 1.165) is 33.8 Å². The van der Waals surface area contributed by atoms with Gasteiger partial charge in [0.05, 0.1) is 22.8 Å². The molecule has 35 heavy (non-hydrogen) atoms. The normalized spacial score (nSPS) is 10.2. The Balaban J connectivity index is 0.000000271. The van der Waals surface area contributed by atoms with Gasteiger partial charge < -0.3 is 15.6 Å². The highest BCUT2D eigenvalue weighted by Crippen LogP contribution is 2.23. The van der Waals surface area contributed by atoms with E-state index in [2.05, 4.69) is 37.1 Å². The first-order chi connectivity index (χ1) is 17.1. The number of hydrogen-bond acceptors (Lipinski definition) is 5. The lowest BCUT2D eigenvalue weighted by molar-refractivity contribution is 0.102. The molecule has 0 aliphatic carbocycles. The van der Waals surface area contributed by atoms with Crippen molar-refractivity contribution in [2.24, 2.45) is 0 Å². The zero-order valence-corrected chi connectivity index (χ0v) is 19.0. The first-order valence-electron chi connectivity index (χ1n) is 10.8. The number of amides is 1. The smallest absolute Gasteiger partial charge is 0.257 e. The molecule has 3 aromatic heterocycles. The minimum absolute atomic E-state index is 0.194. The molecule has 0 aliphatic heterocycles. The average molecular weight is 467 g/mol. The van der Waals surface area contributed by atoms with Crippen LogP contribution in [0.1, 0.15) is 15.9 Å². The van der Waals surface area contributed by atoms with Gasteiger partial charge in [0, 0.05) is 36.8 Å². The number of H-pyrrole nitrogens is 1. The second kappa shape index (κ2) is 10.8. The van der Waals surface area contributed by atoms with Gasteiger partial charge in [-0.3, -0.25) is 9.78 Å². The van der Waals surface area contributed by atoms with Gasteiger partial charge in [0.2, 0.25) is 0 Å². The Morgan fingerprint density at radius 1 is 1.06 bits per heavy atom. The summed E-state index contributed by atoms with van der Waals surface area (Å²) in [5, 5.41) is 5.85. The third-order valence-corrected chi connectivity index (χ3v) is 5.07. The number of carbonyl (C=O) groups is 1. The van der Waals surface area contributed by atoms with Crippen LogP contribution in [0, 0.1) is 5.82 Å². The second-order valence-electron chi connectivity index (χ2n) is 7.45. The van der Waals surface area contributed by atoms with Crippen LogP contribution in [0.5, 0.6) is 0 Å². The number of hydrogen-bond donors (Lipinski definition) is 3. The summed E-state index contributed by atoms with van der Waals surface area (Å²) in [6, 6.07) is 19.0. The van der Waals surface area contributed by atoms with Gasteiger partial charge in [-0.1, -0.05) is 24.8 Å². The molecule has 0 saturated heterocycles. The molecule has 0 atom stereocenters. The molecule has 3 N–H and O–H groups in total. The number of imidazole rings is 1. The van der Waals surface area contributed by atoms with Gasteiger partial charge in [0.25, 0.3) is 5.91 Å². The van der Waals surface area contributed by atoms with E-state index in [9.17, 15) is 9.18 Å². The molecule has 0 radical (unpaired) electrons. The van der Waals surface area contributed by atoms with Crippen molar-refractivity contribution in [1.29, 1.82) is 0 Å². The lowest BCUT2D eigenvalue weighted by Gasteiger charge is -2.05. The van der Waals surface area contributed by atoms with Gasteiger partial charge in [0.1, 0.15) is 17.5 Å². The molecule has 174 valence electrons. The molecule has 1 amide bonds. The van der Waals surface area contributed by atoms with Gasteiger partial charge in [0.15, 0.2) is 0 Å². The highest BCUT2D eigenvalue weighted by molar-refractivity contribution is 6.04. The third kappa shape index (κ3) is 5.94. The second-order valence-corrected chi connectivity index (χ2v) is 7.45. The van der Waals surface area contributed by atoms with Crippen molar-refractivity contribution in [2.45, 2.75) is 0 Å². The Hall–Kier alpha value is -4.85. The van der Waals surface area contributed by atoms with Gasteiger partial charge >= 0.3 is 0 Å². The Kier molecular flexibility index (Phi) is 7.22. The average Bonchev–Trinajstić information content (AvgIpc) is 3.34. The van der Waals surface area contributed by atoms with Crippen LogP contribution >= 0.6 is 0 Å². The van der Waals surface area contributed by atoms with Crippen LogP contribution in [0.25, 0.3) is 28.5 Å². The fourth-order valence-corrected chi connectivity index (χ4v) is 3.19. The number of carbonyl (C=O) groups excluding carboxylic acids is 1. The van der Waals surface area contributed by atoms with Gasteiger partial charge in [-0.2, -0.15) is 0 Å². The summed E-state index contributed by atoms with van der Waals surface area (Å²) in [6.07, 6.45) is 6.60. The number of halogens is 1. The molecule has 0 spiro atoms. The number of fused-ring (bicyclic) bond motifs is 1. The summed E-state index contributed by atoms with van der Waals surface area (Å²) in [7, 11) is 1.82. The van der Waals surface area contributed by atoms with E-state index in [1.165, 1.54) is 18.3 Å². The Morgan fingerprint density at radius 2 is 1.83 bits per heavy atom. The van der Waals surface area contributed by atoms with Crippen molar-refractivity contribution >= 4 is 34.5 Å². The van der Waals surface area contributed by atoms with E-state index in [0.29, 0.717) is 11.3 Å². The van der Waals surface area contributed by atoms with Crippen LogP contribution in [0.15, 0.2) is 91.9 Å². The maximum absolute atomic E-state index is 12.2. The van der Waals surface area contributed by atoms with Crippen molar-refractivity contribution in [3.63, 3.8) is 0 Å². The predicted molar refractivity (Wildman–Crippen MR) is 138 cm³/mol. The van der Waals surface area contributed by atoms with Crippen molar-refractivity contribution in [3.8, 4) is 11.4 Å². The summed E-state index contributed by atoms with van der Waals surface area (Å²) in [5.41, 5.74) is 4.80. The molecule has 0 fully saturated rings. The Morgan fingerprint density at radius 3 is 2.49 bits per heavy atom. The van der Waals surface area contributed by atoms with Crippen LogP contribution in [0.4, 0.5) is 15.9 Å². The van der Waals surface area contributed by atoms with E-state index in [1.54, 1.807) is 42.7 Å². The number of rotatable bonds is 5. The maximum Gasteiger partial charge on any atom is 0.257 e. The molecule has 8 heteroatoms. The number of aromatic amines is 1. The van der Waals surface area contributed by atoms with E-state index in [-0.39, 0.29) is 11.7 Å². The summed E-state index contributed by atoms with van der Waals surface area (Å²) in [4.78, 5) is 28.2. The molecule has 0 unspecified atom stereocenters. The minimum atomic E-state index is -0.208. The largest absolute Gasteiger partial charge is 0.373 e. The van der Waals surface area contributed by atoms with Gasteiger partial charge in [-0.25, -0.2) is 14.4 Å². The topological polar surface area (TPSA) is 95.6 Å². The van der Waals surface area contributed by atoms with Crippen LogP contribution in [-0.2, 0) is 0 Å². The molecule has 5 aromatic rings. The van der Waals surface area contributed by atoms with Crippen LogP contribution in [0.2, 0.25) is 0 Å². The van der Waals surface area contributed by atoms with Gasteiger partial charge in [-0.15, -0.1) is 0 Å². The monoisotopic (exact) mass is 466 g/mol. The molecule has 7 nitrogen and oxygen atoms in total. The summed E-state index contributed by atoms with van der Waals surface area (Å²) < 4.78 is 12.2. The zero-order valence-electron chi connectivity index (χ0n) is 19.0. The Labute approximate surface area is 201 Å². The highest BCUT2D eigenvalue weighted by Gasteiger charge is 2.08. The standard InChI is InChI=1S/C19H16N6O.C8H7F/c1-20-17-9-15-16(11-22-17)25-18(24-15)12-4-6-14(7-5-12)23-19(26)13-3-2-8-21-10-13;1-2-7-3-5-8(9)6-4-7/h2-11H,1H3,(H,20,22)(H,23,26)(H,24,25);2-6H,1H2. The summed E-state index contributed by atoms with van der Waals surface area (Å²) >= 11 is 0. The first kappa shape index (κ1) is 23.3. The SMILES string of the molecule is C=Cc1ccc(F)cc1.CNc1cc2nc(-c3ccc(NC(=O)c4cccnc4)cc3)[nH]c2cn1. The fourth-order valence-electron chi connectivity index (χ4n) is 3.19. The number of pyridine rings is 2. The molecule has 0 bridgehead atoms. The van der Waals surface area contributed by atoms with Crippen LogP contribution in [0.3, 0.4) is 0 Å². The number of anilines is 2. The molecule has 3 heterocycles. The van der Waals surface area contributed by atoms with Crippen LogP contribution in [-0.4, -0.2) is 32.9 Å². The molecule has 0 saturated carbocycles. The van der Waals surface area contributed by atoms with Crippen molar-refractivity contribution in [3.05, 3.63) is 109 Å². The molecular weight excluding hydrogens is 443 g/mol. The van der Waals surface area contributed by atoms with Crippen molar-refractivity contribution in [1.82, 2.24) is 19.9 Å².